The number of amides is 1. The summed E-state index contributed by atoms with van der Waals surface area (Å²) in [6, 6.07) is 11.3. The van der Waals surface area contributed by atoms with Crippen molar-refractivity contribution in [2.45, 2.75) is 19.8 Å². The van der Waals surface area contributed by atoms with Crippen LogP contribution in [0.4, 0.5) is 5.69 Å². The first-order chi connectivity index (χ1) is 15.8. The number of allylic oxidation sites excluding steroid dienone is 2. The topological polar surface area (TPSA) is 91.2 Å². The predicted octanol–water partition coefficient (Wildman–Crippen LogP) is 5.51. The third-order valence-corrected chi connectivity index (χ3v) is 7.19. The number of hydrogen-bond acceptors (Lipinski definition) is 7. The Hall–Kier alpha value is -2.99. The first-order valence-electron chi connectivity index (χ1n) is 9.98. The van der Waals surface area contributed by atoms with E-state index in [1.165, 1.54) is 29.2 Å². The molecule has 2 N–H and O–H groups in total. The Morgan fingerprint density at radius 1 is 1.39 bits per heavy atom. The maximum Gasteiger partial charge on any atom is 0.337 e. The van der Waals surface area contributed by atoms with Gasteiger partial charge in [-0.15, -0.1) is 11.3 Å². The molecule has 1 aliphatic heterocycles. The summed E-state index contributed by atoms with van der Waals surface area (Å²) in [7, 11) is 0. The van der Waals surface area contributed by atoms with E-state index in [0.29, 0.717) is 32.6 Å². The van der Waals surface area contributed by atoms with E-state index in [-0.39, 0.29) is 18.3 Å². The Labute approximate surface area is 206 Å². The molecular weight excluding hydrogens is 478 g/mol. The monoisotopic (exact) mass is 499 g/mol. The van der Waals surface area contributed by atoms with E-state index in [9.17, 15) is 14.9 Å². The molecule has 0 saturated heterocycles. The molecule has 0 radical (unpaired) electrons. The van der Waals surface area contributed by atoms with Gasteiger partial charge in [0.2, 0.25) is 5.91 Å². The van der Waals surface area contributed by atoms with Crippen LogP contribution in [-0.2, 0) is 14.3 Å². The number of esters is 1. The summed E-state index contributed by atoms with van der Waals surface area (Å²) >= 11 is 8.78. The minimum atomic E-state index is -0.574. The van der Waals surface area contributed by atoms with Crippen LogP contribution in [0.5, 0.6) is 0 Å². The number of thiophene rings is 1. The van der Waals surface area contributed by atoms with Crippen molar-refractivity contribution >= 4 is 52.3 Å². The number of nitrogens with one attached hydrogen (secondary N) is 2. The molecule has 0 aliphatic carbocycles. The van der Waals surface area contributed by atoms with Crippen molar-refractivity contribution in [1.29, 1.82) is 5.26 Å². The van der Waals surface area contributed by atoms with Crippen molar-refractivity contribution in [3.8, 4) is 6.07 Å². The Morgan fingerprint density at radius 3 is 2.82 bits per heavy atom. The standard InChI is InChI=1S/C24H22ClN3O3S2/c1-4-9-31-24(30)21-15(3)27-23(17(12-26)22(21)19-6-5-10-32-19)33-13-20(29)28-16-8-7-14(2)18(25)11-16/h4-8,10-11,22,27H,1,9,13H2,2-3H3,(H,28,29)/t22-/m1/s1. The molecule has 0 fully saturated rings. The van der Waals surface area contributed by atoms with E-state index in [1.807, 2.05) is 30.5 Å². The molecule has 2 heterocycles. The first-order valence-corrected chi connectivity index (χ1v) is 12.2. The molecule has 9 heteroatoms. The summed E-state index contributed by atoms with van der Waals surface area (Å²) in [5.74, 6) is -1.25. The normalized spacial score (nSPS) is 15.5. The van der Waals surface area contributed by atoms with Crippen LogP contribution in [0, 0.1) is 18.3 Å². The van der Waals surface area contributed by atoms with Gasteiger partial charge in [0.05, 0.1) is 33.9 Å². The molecule has 1 aromatic heterocycles. The molecule has 3 rings (SSSR count). The average Bonchev–Trinajstić information content (AvgIpc) is 3.32. The second-order valence-electron chi connectivity index (χ2n) is 7.15. The molecule has 2 aromatic rings. The first kappa shape index (κ1) is 24.6. The number of rotatable bonds is 8. The lowest BCUT2D eigenvalue weighted by Gasteiger charge is -2.28. The SMILES string of the molecule is C=CCOC(=O)C1=C(C)NC(SCC(=O)Nc2ccc(C)c(Cl)c2)=C(C#N)[C@@H]1c1cccs1. The van der Waals surface area contributed by atoms with Gasteiger partial charge in [-0.05, 0) is 43.0 Å². The number of carbonyl (C=O) groups is 2. The van der Waals surface area contributed by atoms with Crippen LogP contribution < -0.4 is 10.6 Å². The Bertz CT molecular complexity index is 1180. The van der Waals surface area contributed by atoms with Gasteiger partial charge in [0.1, 0.15) is 6.61 Å². The number of ether oxygens (including phenoxy) is 1. The van der Waals surface area contributed by atoms with Crippen molar-refractivity contribution in [1.82, 2.24) is 5.32 Å². The van der Waals surface area contributed by atoms with Gasteiger partial charge in [0.15, 0.2) is 0 Å². The Balaban J connectivity index is 1.83. The van der Waals surface area contributed by atoms with Crippen LogP contribution in [0.25, 0.3) is 0 Å². The van der Waals surface area contributed by atoms with Crippen molar-refractivity contribution in [3.05, 3.63) is 85.7 Å². The summed E-state index contributed by atoms with van der Waals surface area (Å²) in [5.41, 5.74) is 2.84. The van der Waals surface area contributed by atoms with Gasteiger partial charge in [-0.3, -0.25) is 4.79 Å². The average molecular weight is 500 g/mol. The van der Waals surface area contributed by atoms with Crippen LogP contribution in [0.3, 0.4) is 0 Å². The van der Waals surface area contributed by atoms with E-state index in [4.69, 9.17) is 16.3 Å². The minimum Gasteiger partial charge on any atom is -0.458 e. The lowest BCUT2D eigenvalue weighted by molar-refractivity contribution is -0.138. The molecule has 1 atom stereocenters. The second kappa shape index (κ2) is 11.2. The van der Waals surface area contributed by atoms with Crippen molar-refractivity contribution in [2.24, 2.45) is 0 Å². The number of benzene rings is 1. The number of anilines is 1. The van der Waals surface area contributed by atoms with Crippen LogP contribution in [-0.4, -0.2) is 24.2 Å². The van der Waals surface area contributed by atoms with Gasteiger partial charge in [-0.25, -0.2) is 4.79 Å². The van der Waals surface area contributed by atoms with Gasteiger partial charge < -0.3 is 15.4 Å². The third-order valence-electron chi connectivity index (χ3n) is 4.83. The minimum absolute atomic E-state index is 0.0691. The van der Waals surface area contributed by atoms with Gasteiger partial charge in [-0.1, -0.05) is 48.2 Å². The molecule has 6 nitrogen and oxygen atoms in total. The molecule has 170 valence electrons. The smallest absolute Gasteiger partial charge is 0.337 e. The number of halogens is 1. The molecule has 0 saturated carbocycles. The van der Waals surface area contributed by atoms with E-state index in [2.05, 4.69) is 23.3 Å². The third kappa shape index (κ3) is 5.88. The molecule has 1 aromatic carbocycles. The van der Waals surface area contributed by atoms with Crippen molar-refractivity contribution < 1.29 is 14.3 Å². The summed E-state index contributed by atoms with van der Waals surface area (Å²) in [6.07, 6.45) is 1.49. The number of hydrogen-bond donors (Lipinski definition) is 2. The Kier molecular flexibility index (Phi) is 8.39. The predicted molar refractivity (Wildman–Crippen MR) is 134 cm³/mol. The maximum absolute atomic E-state index is 12.8. The van der Waals surface area contributed by atoms with E-state index < -0.39 is 11.9 Å². The van der Waals surface area contributed by atoms with Gasteiger partial charge in [0, 0.05) is 21.3 Å². The van der Waals surface area contributed by atoms with Crippen LogP contribution in [0.15, 0.2) is 70.2 Å². The van der Waals surface area contributed by atoms with Crippen LogP contribution in [0.2, 0.25) is 5.02 Å². The second-order valence-corrected chi connectivity index (χ2v) is 9.53. The number of aryl methyl sites for hydroxylation is 1. The zero-order valence-corrected chi connectivity index (χ0v) is 20.5. The highest BCUT2D eigenvalue weighted by Crippen LogP contribution is 2.42. The summed E-state index contributed by atoms with van der Waals surface area (Å²) in [6.45, 7) is 7.29. The summed E-state index contributed by atoms with van der Waals surface area (Å²) in [5, 5.41) is 18.9. The van der Waals surface area contributed by atoms with Crippen molar-refractivity contribution in [3.63, 3.8) is 0 Å². The van der Waals surface area contributed by atoms with E-state index >= 15 is 0 Å². The highest BCUT2D eigenvalue weighted by molar-refractivity contribution is 8.03. The number of carbonyl (C=O) groups excluding carboxylic acids is 2. The molecule has 0 bridgehead atoms. The largest absolute Gasteiger partial charge is 0.458 e. The molecule has 33 heavy (non-hydrogen) atoms. The molecular formula is C24H22ClN3O3S2. The van der Waals surface area contributed by atoms with Gasteiger partial charge >= 0.3 is 5.97 Å². The fourth-order valence-electron chi connectivity index (χ4n) is 3.25. The molecule has 0 spiro atoms. The maximum atomic E-state index is 12.8. The number of nitriles is 1. The number of nitrogens with zero attached hydrogens (tertiary/aromatic N) is 1. The fourth-order valence-corrected chi connectivity index (χ4v) is 5.17. The number of dihydropyridines is 1. The highest BCUT2D eigenvalue weighted by Gasteiger charge is 2.36. The summed E-state index contributed by atoms with van der Waals surface area (Å²) in [4.78, 5) is 26.2. The molecule has 1 aliphatic rings. The van der Waals surface area contributed by atoms with Crippen molar-refractivity contribution in [2.75, 3.05) is 17.7 Å². The summed E-state index contributed by atoms with van der Waals surface area (Å²) < 4.78 is 5.28. The lowest BCUT2D eigenvalue weighted by Crippen LogP contribution is -2.29. The highest BCUT2D eigenvalue weighted by atomic mass is 35.5. The van der Waals surface area contributed by atoms with Gasteiger partial charge in [0.25, 0.3) is 0 Å². The molecule has 0 unspecified atom stereocenters. The zero-order valence-electron chi connectivity index (χ0n) is 18.1. The van der Waals surface area contributed by atoms with E-state index in [1.54, 1.807) is 19.1 Å². The number of thioether (sulfide) groups is 1. The fraction of sp³-hybridized carbons (Fsp3) is 0.208. The lowest BCUT2D eigenvalue weighted by atomic mass is 9.87. The Morgan fingerprint density at radius 2 is 2.18 bits per heavy atom. The van der Waals surface area contributed by atoms with Gasteiger partial charge in [-0.2, -0.15) is 5.26 Å². The van der Waals surface area contributed by atoms with E-state index in [0.717, 1.165) is 10.4 Å². The quantitative estimate of drug-likeness (QED) is 0.367. The van der Waals surface area contributed by atoms with Crippen LogP contribution >= 0.6 is 34.7 Å². The zero-order chi connectivity index (χ0) is 24.0. The van der Waals surface area contributed by atoms with Crippen LogP contribution in [0.1, 0.15) is 23.3 Å². The molecule has 1 amide bonds.